The highest BCUT2D eigenvalue weighted by atomic mass is 19.4. The zero-order valence-electron chi connectivity index (χ0n) is 10.8. The van der Waals surface area contributed by atoms with Gasteiger partial charge in [-0.1, -0.05) is 0 Å². The molecular formula is C12H16F3N3O. The second kappa shape index (κ2) is 5.24. The van der Waals surface area contributed by atoms with Crippen molar-refractivity contribution in [2.45, 2.75) is 18.7 Å². The monoisotopic (exact) mass is 275 g/mol. The van der Waals surface area contributed by atoms with Crippen LogP contribution in [0, 0.1) is 0 Å². The number of rotatable bonds is 3. The summed E-state index contributed by atoms with van der Waals surface area (Å²) in [6, 6.07) is 2.39. The number of nitrogens with one attached hydrogen (secondary N) is 1. The fraction of sp³-hybridized carbons (Fsp3) is 0.583. The number of pyridine rings is 1. The molecule has 0 unspecified atom stereocenters. The normalized spacial score (nSPS) is 19.8. The van der Waals surface area contributed by atoms with Crippen LogP contribution in [0.25, 0.3) is 0 Å². The lowest BCUT2D eigenvalue weighted by atomic mass is 10.2. The van der Waals surface area contributed by atoms with E-state index in [0.29, 0.717) is 25.3 Å². The number of hydrogen-bond acceptors (Lipinski definition) is 4. The van der Waals surface area contributed by atoms with Crippen molar-refractivity contribution in [2.75, 3.05) is 37.5 Å². The molecule has 0 radical (unpaired) electrons. The quantitative estimate of drug-likeness (QED) is 0.919. The average molecular weight is 275 g/mol. The van der Waals surface area contributed by atoms with Gasteiger partial charge in [0.15, 0.2) is 0 Å². The molecule has 1 aromatic heterocycles. The van der Waals surface area contributed by atoms with E-state index >= 15 is 0 Å². The second-order valence-electron chi connectivity index (χ2n) is 4.41. The van der Waals surface area contributed by atoms with Gasteiger partial charge in [-0.3, -0.25) is 0 Å². The molecule has 1 fully saturated rings. The van der Waals surface area contributed by atoms with Gasteiger partial charge in [-0.2, -0.15) is 13.2 Å². The molecule has 0 bridgehead atoms. The van der Waals surface area contributed by atoms with Crippen LogP contribution in [0.5, 0.6) is 0 Å². The molecule has 0 amide bonds. The SMILES string of the molecule is CNc1ccc(C(F)(F)F)c(N2CC[C@@H](OC)C2)n1. The van der Waals surface area contributed by atoms with Crippen molar-refractivity contribution in [2.24, 2.45) is 0 Å². The van der Waals surface area contributed by atoms with Crippen LogP contribution in [0.1, 0.15) is 12.0 Å². The number of hydrogen-bond donors (Lipinski definition) is 1. The highest BCUT2D eigenvalue weighted by Gasteiger charge is 2.37. The third-order valence-electron chi connectivity index (χ3n) is 3.21. The molecule has 0 aromatic carbocycles. The average Bonchev–Trinajstić information content (AvgIpc) is 2.85. The molecule has 2 heterocycles. The summed E-state index contributed by atoms with van der Waals surface area (Å²) in [5.41, 5.74) is -0.705. The van der Waals surface area contributed by atoms with Crippen molar-refractivity contribution in [3.8, 4) is 0 Å². The molecule has 19 heavy (non-hydrogen) atoms. The summed E-state index contributed by atoms with van der Waals surface area (Å²) in [4.78, 5) is 5.67. The van der Waals surface area contributed by atoms with Crippen molar-refractivity contribution in [1.29, 1.82) is 0 Å². The first kappa shape index (κ1) is 13.9. The summed E-state index contributed by atoms with van der Waals surface area (Å²) in [6.45, 7) is 0.946. The molecule has 1 saturated heterocycles. The Morgan fingerprint density at radius 2 is 2.16 bits per heavy atom. The lowest BCUT2D eigenvalue weighted by Crippen LogP contribution is -2.26. The van der Waals surface area contributed by atoms with Gasteiger partial charge in [0.1, 0.15) is 11.6 Å². The van der Waals surface area contributed by atoms with Gasteiger partial charge < -0.3 is 15.0 Å². The molecule has 2 rings (SSSR count). The Hall–Kier alpha value is -1.50. The van der Waals surface area contributed by atoms with Crippen molar-refractivity contribution in [1.82, 2.24) is 4.98 Å². The molecule has 0 aliphatic carbocycles. The van der Waals surface area contributed by atoms with Crippen molar-refractivity contribution in [3.63, 3.8) is 0 Å². The maximum atomic E-state index is 13.0. The van der Waals surface area contributed by atoms with Gasteiger partial charge in [-0.25, -0.2) is 4.98 Å². The number of halogens is 3. The molecule has 1 aliphatic heterocycles. The van der Waals surface area contributed by atoms with Crippen LogP contribution < -0.4 is 10.2 Å². The molecule has 1 aromatic rings. The standard InChI is InChI=1S/C12H16F3N3O/c1-16-10-4-3-9(12(13,14)15)11(17-10)18-6-5-8(7-18)19-2/h3-4,8H,5-7H2,1-2H3,(H,16,17)/t8-/m1/s1. The van der Waals surface area contributed by atoms with E-state index < -0.39 is 11.7 Å². The van der Waals surface area contributed by atoms with Gasteiger partial charge >= 0.3 is 6.18 Å². The lowest BCUT2D eigenvalue weighted by molar-refractivity contribution is -0.137. The Labute approximate surface area is 109 Å². The molecule has 7 heteroatoms. The minimum Gasteiger partial charge on any atom is -0.380 e. The maximum absolute atomic E-state index is 13.0. The van der Waals surface area contributed by atoms with Crippen LogP contribution in [-0.2, 0) is 10.9 Å². The Kier molecular flexibility index (Phi) is 3.84. The number of methoxy groups -OCH3 is 1. The van der Waals surface area contributed by atoms with Gasteiger partial charge in [0.25, 0.3) is 0 Å². The molecule has 0 saturated carbocycles. The van der Waals surface area contributed by atoms with Gasteiger partial charge in [0.05, 0.1) is 11.7 Å². The van der Waals surface area contributed by atoms with Crippen LogP contribution in [0.15, 0.2) is 12.1 Å². The molecule has 1 atom stereocenters. The van der Waals surface area contributed by atoms with Crippen LogP contribution in [-0.4, -0.2) is 38.3 Å². The topological polar surface area (TPSA) is 37.4 Å². The van der Waals surface area contributed by atoms with Gasteiger partial charge in [-0.15, -0.1) is 0 Å². The van der Waals surface area contributed by atoms with E-state index in [2.05, 4.69) is 10.3 Å². The highest BCUT2D eigenvalue weighted by molar-refractivity contribution is 5.55. The van der Waals surface area contributed by atoms with E-state index in [1.807, 2.05) is 0 Å². The van der Waals surface area contributed by atoms with Crippen LogP contribution >= 0.6 is 0 Å². The fourth-order valence-corrected chi connectivity index (χ4v) is 2.16. The highest BCUT2D eigenvalue weighted by Crippen LogP contribution is 2.37. The Bertz CT molecular complexity index is 450. The molecular weight excluding hydrogens is 259 g/mol. The van der Waals surface area contributed by atoms with Gasteiger partial charge in [0.2, 0.25) is 0 Å². The van der Waals surface area contributed by atoms with Crippen LogP contribution in [0.2, 0.25) is 0 Å². The number of anilines is 2. The van der Waals surface area contributed by atoms with E-state index in [9.17, 15) is 13.2 Å². The summed E-state index contributed by atoms with van der Waals surface area (Å²) in [5.74, 6) is 0.391. The zero-order valence-corrected chi connectivity index (χ0v) is 10.8. The van der Waals surface area contributed by atoms with E-state index in [1.54, 1.807) is 19.1 Å². The third kappa shape index (κ3) is 2.91. The Morgan fingerprint density at radius 1 is 1.42 bits per heavy atom. The lowest BCUT2D eigenvalue weighted by Gasteiger charge is -2.22. The summed E-state index contributed by atoms with van der Waals surface area (Å²) in [6.07, 6.45) is -3.74. The largest absolute Gasteiger partial charge is 0.419 e. The number of alkyl halides is 3. The maximum Gasteiger partial charge on any atom is 0.419 e. The van der Waals surface area contributed by atoms with E-state index in [1.165, 1.54) is 6.07 Å². The Morgan fingerprint density at radius 3 is 2.68 bits per heavy atom. The number of ether oxygens (including phenoxy) is 1. The van der Waals surface area contributed by atoms with E-state index in [0.717, 1.165) is 6.07 Å². The van der Waals surface area contributed by atoms with Gasteiger partial charge in [0, 0.05) is 27.2 Å². The first-order chi connectivity index (χ1) is 8.95. The summed E-state index contributed by atoms with van der Waals surface area (Å²) in [5, 5.41) is 2.76. The minimum absolute atomic E-state index is 0.0288. The summed E-state index contributed by atoms with van der Waals surface area (Å²) >= 11 is 0. The summed E-state index contributed by atoms with van der Waals surface area (Å²) < 4.78 is 44.2. The number of nitrogens with zero attached hydrogens (tertiary/aromatic N) is 2. The molecule has 1 N–H and O–H groups in total. The van der Waals surface area contributed by atoms with Crippen molar-refractivity contribution < 1.29 is 17.9 Å². The smallest absolute Gasteiger partial charge is 0.380 e. The van der Waals surface area contributed by atoms with Crippen LogP contribution in [0.4, 0.5) is 24.8 Å². The first-order valence-corrected chi connectivity index (χ1v) is 5.99. The van der Waals surface area contributed by atoms with Crippen molar-refractivity contribution >= 4 is 11.6 Å². The minimum atomic E-state index is -4.40. The third-order valence-corrected chi connectivity index (χ3v) is 3.21. The molecule has 106 valence electrons. The fourth-order valence-electron chi connectivity index (χ4n) is 2.16. The van der Waals surface area contributed by atoms with Crippen molar-refractivity contribution in [3.05, 3.63) is 17.7 Å². The van der Waals surface area contributed by atoms with E-state index in [-0.39, 0.29) is 11.9 Å². The second-order valence-corrected chi connectivity index (χ2v) is 4.41. The predicted octanol–water partition coefficient (Wildman–Crippen LogP) is 2.37. The Balaban J connectivity index is 2.36. The van der Waals surface area contributed by atoms with Gasteiger partial charge in [-0.05, 0) is 18.6 Å². The zero-order chi connectivity index (χ0) is 14.0. The van der Waals surface area contributed by atoms with Crippen LogP contribution in [0.3, 0.4) is 0 Å². The molecule has 4 nitrogen and oxygen atoms in total. The number of aromatic nitrogens is 1. The molecule has 1 aliphatic rings. The first-order valence-electron chi connectivity index (χ1n) is 5.99. The van der Waals surface area contributed by atoms with E-state index in [4.69, 9.17) is 4.74 Å². The molecule has 0 spiro atoms. The summed E-state index contributed by atoms with van der Waals surface area (Å²) in [7, 11) is 3.19. The predicted molar refractivity (Wildman–Crippen MR) is 66.4 cm³/mol.